The number of methoxy groups -OCH3 is 1. The van der Waals surface area contributed by atoms with Crippen LogP contribution in [-0.4, -0.2) is 50.9 Å². The summed E-state index contributed by atoms with van der Waals surface area (Å²) in [5, 5.41) is 14.1. The standard InChI is InChI=1S/C14H19N3O5S/c1-22-12-8-11(17(18)19)2-3-13(12)23(20,21)16-7-5-14(10-16)4-6-15-9-14/h2-3,8,15H,4-7,9-10H2,1H3. The van der Waals surface area contributed by atoms with Crippen molar-refractivity contribution >= 4 is 15.7 Å². The first kappa shape index (κ1) is 16.2. The number of nitrogens with zero attached hydrogens (tertiary/aromatic N) is 2. The molecule has 3 rings (SSSR count). The summed E-state index contributed by atoms with van der Waals surface area (Å²) in [5.41, 5.74) is -0.181. The smallest absolute Gasteiger partial charge is 0.273 e. The van der Waals surface area contributed by atoms with E-state index in [4.69, 9.17) is 4.74 Å². The van der Waals surface area contributed by atoms with Gasteiger partial charge in [0.15, 0.2) is 0 Å². The van der Waals surface area contributed by atoms with Crippen LogP contribution in [0.3, 0.4) is 0 Å². The minimum Gasteiger partial charge on any atom is -0.495 e. The van der Waals surface area contributed by atoms with Crippen LogP contribution in [0.1, 0.15) is 12.8 Å². The highest BCUT2D eigenvalue weighted by Crippen LogP contribution is 2.40. The van der Waals surface area contributed by atoms with E-state index in [1.54, 1.807) is 0 Å². The van der Waals surface area contributed by atoms with E-state index in [9.17, 15) is 18.5 Å². The fourth-order valence-electron chi connectivity index (χ4n) is 3.37. The third-order valence-corrected chi connectivity index (χ3v) is 6.60. The quantitative estimate of drug-likeness (QED) is 0.647. The highest BCUT2D eigenvalue weighted by Gasteiger charge is 2.45. The minimum absolute atomic E-state index is 0.00435. The molecule has 2 aliphatic rings. The first-order valence-electron chi connectivity index (χ1n) is 7.41. The second-order valence-electron chi connectivity index (χ2n) is 6.11. The van der Waals surface area contributed by atoms with E-state index >= 15 is 0 Å². The number of nitro groups is 1. The van der Waals surface area contributed by atoms with Crippen LogP contribution < -0.4 is 10.1 Å². The molecule has 2 heterocycles. The Balaban J connectivity index is 1.92. The Kier molecular flexibility index (Phi) is 4.03. The second kappa shape index (κ2) is 5.73. The summed E-state index contributed by atoms with van der Waals surface area (Å²) in [6.45, 7) is 2.68. The second-order valence-corrected chi connectivity index (χ2v) is 8.01. The van der Waals surface area contributed by atoms with Gasteiger partial charge in [-0.3, -0.25) is 10.1 Å². The molecule has 1 spiro atoms. The number of non-ortho nitro benzene ring substituents is 1. The van der Waals surface area contributed by atoms with Gasteiger partial charge < -0.3 is 10.1 Å². The maximum absolute atomic E-state index is 12.9. The molecule has 23 heavy (non-hydrogen) atoms. The largest absolute Gasteiger partial charge is 0.495 e. The molecular weight excluding hydrogens is 322 g/mol. The van der Waals surface area contributed by atoms with Gasteiger partial charge in [0.1, 0.15) is 10.6 Å². The molecule has 8 nitrogen and oxygen atoms in total. The van der Waals surface area contributed by atoms with E-state index in [1.165, 1.54) is 23.5 Å². The summed E-state index contributed by atoms with van der Waals surface area (Å²) in [4.78, 5) is 10.2. The predicted octanol–water partition coefficient (Wildman–Crippen LogP) is 0.978. The van der Waals surface area contributed by atoms with Crippen molar-refractivity contribution in [2.45, 2.75) is 17.7 Å². The van der Waals surface area contributed by atoms with Gasteiger partial charge >= 0.3 is 0 Å². The van der Waals surface area contributed by atoms with Crippen molar-refractivity contribution in [1.29, 1.82) is 0 Å². The molecule has 0 aromatic heterocycles. The maximum Gasteiger partial charge on any atom is 0.273 e. The van der Waals surface area contributed by atoms with Gasteiger partial charge in [0.2, 0.25) is 10.0 Å². The number of hydrogen-bond acceptors (Lipinski definition) is 6. The maximum atomic E-state index is 12.9. The number of sulfonamides is 1. The third-order valence-electron chi connectivity index (χ3n) is 4.71. The summed E-state index contributed by atoms with van der Waals surface area (Å²) in [5.74, 6) is 0.00435. The Labute approximate surface area is 134 Å². The van der Waals surface area contributed by atoms with Crippen molar-refractivity contribution in [2.24, 2.45) is 5.41 Å². The molecule has 126 valence electrons. The molecule has 1 aromatic carbocycles. The molecule has 1 atom stereocenters. The molecule has 0 saturated carbocycles. The lowest BCUT2D eigenvalue weighted by Gasteiger charge is -2.23. The lowest BCUT2D eigenvalue weighted by atomic mass is 9.87. The van der Waals surface area contributed by atoms with Crippen LogP contribution in [0, 0.1) is 15.5 Å². The summed E-state index contributed by atoms with van der Waals surface area (Å²) in [6, 6.07) is 3.60. The fraction of sp³-hybridized carbons (Fsp3) is 0.571. The van der Waals surface area contributed by atoms with E-state index in [0.717, 1.165) is 32.0 Å². The zero-order valence-corrected chi connectivity index (χ0v) is 13.6. The van der Waals surface area contributed by atoms with Gasteiger partial charge in [-0.25, -0.2) is 8.42 Å². The molecule has 0 aliphatic carbocycles. The Morgan fingerprint density at radius 1 is 1.39 bits per heavy atom. The number of nitrogens with one attached hydrogen (secondary N) is 1. The van der Waals surface area contributed by atoms with Gasteiger partial charge in [0.25, 0.3) is 5.69 Å². The molecule has 2 aliphatic heterocycles. The lowest BCUT2D eigenvalue weighted by molar-refractivity contribution is -0.385. The average molecular weight is 341 g/mol. The van der Waals surface area contributed by atoms with Crippen LogP contribution >= 0.6 is 0 Å². The number of rotatable bonds is 4. The van der Waals surface area contributed by atoms with Crippen LogP contribution in [0.5, 0.6) is 5.75 Å². The van der Waals surface area contributed by atoms with Crippen molar-refractivity contribution in [2.75, 3.05) is 33.3 Å². The topological polar surface area (TPSA) is 102 Å². The lowest BCUT2D eigenvalue weighted by Crippen LogP contribution is -2.33. The van der Waals surface area contributed by atoms with Gasteiger partial charge in [-0.1, -0.05) is 0 Å². The molecule has 1 aromatic rings. The van der Waals surface area contributed by atoms with E-state index < -0.39 is 14.9 Å². The van der Waals surface area contributed by atoms with Gasteiger partial charge in [-0.05, 0) is 30.9 Å². The fourth-order valence-corrected chi connectivity index (χ4v) is 5.06. The summed E-state index contributed by atoms with van der Waals surface area (Å²) in [7, 11) is -2.42. The van der Waals surface area contributed by atoms with Crippen molar-refractivity contribution in [1.82, 2.24) is 9.62 Å². The van der Waals surface area contributed by atoms with Crippen molar-refractivity contribution in [3.63, 3.8) is 0 Å². The Morgan fingerprint density at radius 2 is 2.17 bits per heavy atom. The monoisotopic (exact) mass is 341 g/mol. The van der Waals surface area contributed by atoms with Crippen molar-refractivity contribution in [3.8, 4) is 5.75 Å². The van der Waals surface area contributed by atoms with Crippen LogP contribution in [-0.2, 0) is 10.0 Å². The molecule has 0 amide bonds. The third kappa shape index (κ3) is 2.79. The van der Waals surface area contributed by atoms with Crippen molar-refractivity contribution < 1.29 is 18.1 Å². The number of ether oxygens (including phenoxy) is 1. The Bertz CT molecular complexity index is 728. The van der Waals surface area contributed by atoms with E-state index in [2.05, 4.69) is 5.32 Å². The first-order chi connectivity index (χ1) is 10.9. The number of benzene rings is 1. The molecule has 1 N–H and O–H groups in total. The summed E-state index contributed by atoms with van der Waals surface area (Å²) >= 11 is 0. The molecule has 1 unspecified atom stereocenters. The molecule has 0 bridgehead atoms. The molecule has 0 radical (unpaired) electrons. The number of nitro benzene ring substituents is 1. The van der Waals surface area contributed by atoms with Gasteiger partial charge in [0.05, 0.1) is 18.1 Å². The highest BCUT2D eigenvalue weighted by molar-refractivity contribution is 7.89. The van der Waals surface area contributed by atoms with Gasteiger partial charge in [-0.2, -0.15) is 4.31 Å². The van der Waals surface area contributed by atoms with E-state index in [-0.39, 0.29) is 21.7 Å². The van der Waals surface area contributed by atoms with Crippen LogP contribution in [0.25, 0.3) is 0 Å². The van der Waals surface area contributed by atoms with Gasteiger partial charge in [-0.15, -0.1) is 0 Å². The highest BCUT2D eigenvalue weighted by atomic mass is 32.2. The zero-order chi connectivity index (χ0) is 16.7. The Morgan fingerprint density at radius 3 is 2.78 bits per heavy atom. The molecular formula is C14H19N3O5S. The summed E-state index contributed by atoms with van der Waals surface area (Å²) < 4.78 is 32.3. The van der Waals surface area contributed by atoms with Gasteiger partial charge in [0, 0.05) is 25.7 Å². The average Bonchev–Trinajstić information content (AvgIpc) is 3.17. The number of hydrogen-bond donors (Lipinski definition) is 1. The van der Waals surface area contributed by atoms with Crippen LogP contribution in [0.15, 0.2) is 23.1 Å². The zero-order valence-electron chi connectivity index (χ0n) is 12.8. The molecule has 2 saturated heterocycles. The molecule has 9 heteroatoms. The SMILES string of the molecule is COc1cc([N+](=O)[O-])ccc1S(=O)(=O)N1CCC2(CCNC2)C1. The van der Waals surface area contributed by atoms with Crippen LogP contribution in [0.2, 0.25) is 0 Å². The summed E-state index contributed by atoms with van der Waals surface area (Å²) in [6.07, 6.45) is 1.80. The first-order valence-corrected chi connectivity index (χ1v) is 8.85. The molecule has 2 fully saturated rings. The predicted molar refractivity (Wildman–Crippen MR) is 82.9 cm³/mol. The van der Waals surface area contributed by atoms with Crippen molar-refractivity contribution in [3.05, 3.63) is 28.3 Å². The Hall–Kier alpha value is -1.71. The van der Waals surface area contributed by atoms with E-state index in [0.29, 0.717) is 13.1 Å². The van der Waals surface area contributed by atoms with E-state index in [1.807, 2.05) is 0 Å². The normalized spacial score (nSPS) is 25.1. The minimum atomic E-state index is -3.73. The van der Waals surface area contributed by atoms with Crippen LogP contribution in [0.4, 0.5) is 5.69 Å².